The standard InChI is InChI=1S/C14H18N2OS/c1-4-14(3,5-2)16-12(17)10-8-6-7-9-11(10)15-13(16)18/h6-9H,4-5H2,1-3H3,(H,15,18). The number of benzene rings is 1. The number of rotatable bonds is 3. The molecule has 3 nitrogen and oxygen atoms in total. The van der Waals surface area contributed by atoms with Crippen molar-refractivity contribution in [2.75, 3.05) is 0 Å². The molecule has 1 heterocycles. The van der Waals surface area contributed by atoms with Gasteiger partial charge < -0.3 is 4.98 Å². The van der Waals surface area contributed by atoms with Crippen LogP contribution in [-0.2, 0) is 5.54 Å². The van der Waals surface area contributed by atoms with E-state index in [0.29, 0.717) is 10.2 Å². The molecule has 1 N–H and O–H groups in total. The summed E-state index contributed by atoms with van der Waals surface area (Å²) in [5, 5.41) is 0.694. The molecule has 0 unspecified atom stereocenters. The summed E-state index contributed by atoms with van der Waals surface area (Å²) in [5.74, 6) is 0. The Balaban J connectivity index is 2.89. The van der Waals surface area contributed by atoms with E-state index in [9.17, 15) is 4.79 Å². The molecule has 0 radical (unpaired) electrons. The summed E-state index contributed by atoms with van der Waals surface area (Å²) in [7, 11) is 0. The number of fused-ring (bicyclic) bond motifs is 1. The molecule has 0 aliphatic carbocycles. The van der Waals surface area contributed by atoms with Gasteiger partial charge in [0.15, 0.2) is 4.77 Å². The fourth-order valence-corrected chi connectivity index (χ4v) is 2.63. The van der Waals surface area contributed by atoms with Gasteiger partial charge in [0, 0.05) is 5.54 Å². The predicted octanol–water partition coefficient (Wildman–Crippen LogP) is 3.59. The molecule has 1 aromatic carbocycles. The van der Waals surface area contributed by atoms with Gasteiger partial charge in [-0.1, -0.05) is 26.0 Å². The maximum atomic E-state index is 12.6. The number of nitrogens with one attached hydrogen (secondary N) is 1. The topological polar surface area (TPSA) is 37.8 Å². The van der Waals surface area contributed by atoms with E-state index in [0.717, 1.165) is 18.4 Å². The van der Waals surface area contributed by atoms with Gasteiger partial charge in [-0.25, -0.2) is 0 Å². The smallest absolute Gasteiger partial charge is 0.262 e. The van der Waals surface area contributed by atoms with Crippen LogP contribution in [0, 0.1) is 4.77 Å². The molecule has 0 fully saturated rings. The number of para-hydroxylation sites is 1. The van der Waals surface area contributed by atoms with Crippen LogP contribution in [0.4, 0.5) is 0 Å². The van der Waals surface area contributed by atoms with Crippen molar-refractivity contribution in [3.63, 3.8) is 0 Å². The quantitative estimate of drug-likeness (QED) is 0.858. The Morgan fingerprint density at radius 1 is 1.28 bits per heavy atom. The first-order valence-corrected chi connectivity index (χ1v) is 6.69. The molecule has 0 saturated carbocycles. The minimum atomic E-state index is -0.227. The van der Waals surface area contributed by atoms with Crippen LogP contribution < -0.4 is 5.56 Å². The van der Waals surface area contributed by atoms with Crippen molar-refractivity contribution in [3.05, 3.63) is 39.4 Å². The highest BCUT2D eigenvalue weighted by Crippen LogP contribution is 2.23. The molecule has 2 rings (SSSR count). The fraction of sp³-hybridized carbons (Fsp3) is 0.429. The molecular formula is C14H18N2OS. The SMILES string of the molecule is CCC(C)(CC)n1c(=S)[nH]c2ccccc2c1=O. The molecule has 0 bridgehead atoms. The lowest BCUT2D eigenvalue weighted by Crippen LogP contribution is -2.39. The van der Waals surface area contributed by atoms with Crippen molar-refractivity contribution >= 4 is 23.1 Å². The highest BCUT2D eigenvalue weighted by atomic mass is 32.1. The average Bonchev–Trinajstić information content (AvgIpc) is 2.38. The van der Waals surface area contributed by atoms with E-state index in [1.807, 2.05) is 24.3 Å². The Morgan fingerprint density at radius 3 is 2.50 bits per heavy atom. The second-order valence-corrected chi connectivity index (χ2v) is 5.21. The normalized spacial score (nSPS) is 11.9. The average molecular weight is 262 g/mol. The molecule has 1 aromatic heterocycles. The molecule has 18 heavy (non-hydrogen) atoms. The molecule has 0 aliphatic rings. The first-order valence-electron chi connectivity index (χ1n) is 6.28. The van der Waals surface area contributed by atoms with Crippen molar-refractivity contribution in [3.8, 4) is 0 Å². The third kappa shape index (κ3) is 1.90. The van der Waals surface area contributed by atoms with E-state index < -0.39 is 0 Å². The van der Waals surface area contributed by atoms with Gasteiger partial charge in [-0.05, 0) is 44.1 Å². The van der Waals surface area contributed by atoms with Gasteiger partial charge >= 0.3 is 0 Å². The number of aromatic nitrogens is 2. The molecule has 0 amide bonds. The Labute approximate surface area is 111 Å². The van der Waals surface area contributed by atoms with E-state index in [1.54, 1.807) is 4.57 Å². The Morgan fingerprint density at radius 2 is 1.89 bits per heavy atom. The number of hydrogen-bond acceptors (Lipinski definition) is 2. The zero-order valence-electron chi connectivity index (χ0n) is 11.0. The Bertz CT molecular complexity index is 680. The summed E-state index contributed by atoms with van der Waals surface area (Å²) < 4.78 is 2.23. The van der Waals surface area contributed by atoms with Crippen LogP contribution in [0.25, 0.3) is 10.9 Å². The van der Waals surface area contributed by atoms with E-state index in [1.165, 1.54) is 0 Å². The second-order valence-electron chi connectivity index (χ2n) is 4.82. The molecule has 96 valence electrons. The highest BCUT2D eigenvalue weighted by Gasteiger charge is 2.25. The second kappa shape index (κ2) is 4.69. The van der Waals surface area contributed by atoms with E-state index in [4.69, 9.17) is 12.2 Å². The van der Waals surface area contributed by atoms with Crippen molar-refractivity contribution < 1.29 is 0 Å². The lowest BCUT2D eigenvalue weighted by Gasteiger charge is -2.29. The minimum Gasteiger partial charge on any atom is -0.332 e. The summed E-state index contributed by atoms with van der Waals surface area (Å²) in [5.41, 5.74) is 0.577. The van der Waals surface area contributed by atoms with Crippen LogP contribution >= 0.6 is 12.2 Å². The van der Waals surface area contributed by atoms with Crippen LogP contribution in [-0.4, -0.2) is 9.55 Å². The lowest BCUT2D eigenvalue weighted by atomic mass is 9.95. The maximum absolute atomic E-state index is 12.6. The van der Waals surface area contributed by atoms with Gasteiger partial charge in [-0.2, -0.15) is 0 Å². The van der Waals surface area contributed by atoms with E-state index >= 15 is 0 Å². The zero-order chi connectivity index (χ0) is 13.3. The summed E-state index contributed by atoms with van der Waals surface area (Å²) in [6.07, 6.45) is 1.75. The number of hydrogen-bond donors (Lipinski definition) is 1. The van der Waals surface area contributed by atoms with Gasteiger partial charge in [-0.3, -0.25) is 9.36 Å². The zero-order valence-corrected chi connectivity index (χ0v) is 11.8. The van der Waals surface area contributed by atoms with Crippen molar-refractivity contribution in [2.24, 2.45) is 0 Å². The van der Waals surface area contributed by atoms with Gasteiger partial charge in [0.1, 0.15) is 0 Å². The Kier molecular flexibility index (Phi) is 3.39. The monoisotopic (exact) mass is 262 g/mol. The molecule has 2 aromatic rings. The number of H-pyrrole nitrogens is 1. The summed E-state index contributed by atoms with van der Waals surface area (Å²) in [6, 6.07) is 7.49. The van der Waals surface area contributed by atoms with Gasteiger partial charge in [0.25, 0.3) is 5.56 Å². The summed E-state index contributed by atoms with van der Waals surface area (Å²) in [4.78, 5) is 15.7. The lowest BCUT2D eigenvalue weighted by molar-refractivity contribution is 0.280. The minimum absolute atomic E-state index is 0.000509. The Hall–Kier alpha value is -1.42. The third-order valence-electron chi connectivity index (χ3n) is 3.87. The third-order valence-corrected chi connectivity index (χ3v) is 4.15. The fourth-order valence-electron chi connectivity index (χ4n) is 2.22. The van der Waals surface area contributed by atoms with Crippen LogP contribution in [0.5, 0.6) is 0 Å². The van der Waals surface area contributed by atoms with Crippen LogP contribution in [0.3, 0.4) is 0 Å². The summed E-state index contributed by atoms with van der Waals surface area (Å²) in [6.45, 7) is 6.24. The van der Waals surface area contributed by atoms with Gasteiger partial charge in [0.05, 0.1) is 10.9 Å². The first-order chi connectivity index (χ1) is 8.53. The van der Waals surface area contributed by atoms with E-state index in [2.05, 4.69) is 25.8 Å². The van der Waals surface area contributed by atoms with Crippen molar-refractivity contribution in [1.29, 1.82) is 0 Å². The molecular weight excluding hydrogens is 244 g/mol. The van der Waals surface area contributed by atoms with Crippen molar-refractivity contribution in [2.45, 2.75) is 39.2 Å². The van der Waals surface area contributed by atoms with Crippen molar-refractivity contribution in [1.82, 2.24) is 9.55 Å². The van der Waals surface area contributed by atoms with Gasteiger partial charge in [0.2, 0.25) is 0 Å². The molecule has 0 aliphatic heterocycles. The number of aromatic amines is 1. The first kappa shape index (κ1) is 13.0. The van der Waals surface area contributed by atoms with Gasteiger partial charge in [-0.15, -0.1) is 0 Å². The maximum Gasteiger partial charge on any atom is 0.262 e. The molecule has 0 atom stereocenters. The summed E-state index contributed by atoms with van der Waals surface area (Å²) >= 11 is 5.36. The molecule has 4 heteroatoms. The molecule has 0 saturated heterocycles. The van der Waals surface area contributed by atoms with Crippen LogP contribution in [0.15, 0.2) is 29.1 Å². The van der Waals surface area contributed by atoms with Crippen LogP contribution in [0.2, 0.25) is 0 Å². The predicted molar refractivity (Wildman–Crippen MR) is 77.6 cm³/mol. The molecule has 0 spiro atoms. The van der Waals surface area contributed by atoms with Crippen LogP contribution in [0.1, 0.15) is 33.6 Å². The van der Waals surface area contributed by atoms with E-state index in [-0.39, 0.29) is 11.1 Å². The highest BCUT2D eigenvalue weighted by molar-refractivity contribution is 7.71. The number of nitrogens with zero attached hydrogens (tertiary/aromatic N) is 1. The largest absolute Gasteiger partial charge is 0.332 e.